The summed E-state index contributed by atoms with van der Waals surface area (Å²) in [6, 6.07) is 3.40. The number of amides is 5. The summed E-state index contributed by atoms with van der Waals surface area (Å²) in [5, 5.41) is 11.4. The van der Waals surface area contributed by atoms with Gasteiger partial charge in [-0.25, -0.2) is 4.79 Å². The molecule has 6 rings (SSSR count). The second kappa shape index (κ2) is 13.2. The van der Waals surface area contributed by atoms with E-state index in [0.29, 0.717) is 49.5 Å². The normalized spacial score (nSPS) is 19.2. The Kier molecular flexibility index (Phi) is 9.32. The number of nitrogens with zero attached hydrogens (tertiary/aromatic N) is 3. The minimum absolute atomic E-state index is 0.0320. The second-order valence-electron chi connectivity index (χ2n) is 14.4. The molecule has 1 spiro atoms. The lowest BCUT2D eigenvalue weighted by atomic mass is 9.84. The molecule has 0 radical (unpaired) electrons. The number of aryl methyl sites for hydroxylation is 3. The van der Waals surface area contributed by atoms with Gasteiger partial charge in [0.2, 0.25) is 5.91 Å². The van der Waals surface area contributed by atoms with Crippen molar-refractivity contribution in [3.63, 3.8) is 0 Å². The molecule has 13 heteroatoms. The fourth-order valence-corrected chi connectivity index (χ4v) is 9.54. The number of piperidine rings is 1. The number of urea groups is 1. The molecule has 3 aromatic rings. The Hall–Kier alpha value is -4.65. The lowest BCUT2D eigenvalue weighted by molar-refractivity contribution is -0.117. The molecule has 1 unspecified atom stereocenters. The Labute approximate surface area is 302 Å². The number of rotatable bonds is 13. The van der Waals surface area contributed by atoms with Crippen molar-refractivity contribution >= 4 is 40.9 Å². The van der Waals surface area contributed by atoms with Crippen molar-refractivity contribution in [2.75, 3.05) is 13.1 Å². The summed E-state index contributed by atoms with van der Waals surface area (Å²) < 4.78 is 3.51. The molecule has 5 amide bonds. The summed E-state index contributed by atoms with van der Waals surface area (Å²) in [6.07, 6.45) is 8.77. The van der Waals surface area contributed by atoms with Crippen molar-refractivity contribution in [1.82, 2.24) is 30.0 Å². The summed E-state index contributed by atoms with van der Waals surface area (Å²) in [5.41, 5.74) is 8.96. The molecule has 0 aromatic carbocycles. The monoisotopic (exact) mass is 715 g/mol. The van der Waals surface area contributed by atoms with Crippen LogP contribution >= 0.6 is 11.3 Å². The maximum absolute atomic E-state index is 14.2. The number of nitrogens with one attached hydrogen (secondary N) is 3. The molecule has 3 aliphatic rings. The highest BCUT2D eigenvalue weighted by Gasteiger charge is 2.68. The molecule has 2 aliphatic carbocycles. The Balaban J connectivity index is 1.22. The van der Waals surface area contributed by atoms with E-state index in [9.17, 15) is 24.0 Å². The van der Waals surface area contributed by atoms with E-state index < -0.39 is 17.0 Å². The molecule has 3 aromatic heterocycles. The van der Waals surface area contributed by atoms with Gasteiger partial charge in [-0.15, -0.1) is 11.3 Å². The zero-order chi connectivity index (χ0) is 37.0. The molecule has 1 aliphatic heterocycles. The van der Waals surface area contributed by atoms with Gasteiger partial charge in [-0.1, -0.05) is 27.7 Å². The highest BCUT2D eigenvalue weighted by atomic mass is 32.1. The van der Waals surface area contributed by atoms with Gasteiger partial charge in [-0.05, 0) is 84.7 Å². The third-order valence-electron chi connectivity index (χ3n) is 11.8. The maximum Gasteiger partial charge on any atom is 0.322 e. The Morgan fingerprint density at radius 3 is 2.06 bits per heavy atom. The van der Waals surface area contributed by atoms with E-state index in [1.54, 1.807) is 33.2 Å². The fourth-order valence-electron chi connectivity index (χ4n) is 8.49. The van der Waals surface area contributed by atoms with E-state index in [1.807, 2.05) is 58.6 Å². The van der Waals surface area contributed by atoms with Gasteiger partial charge >= 0.3 is 6.03 Å². The van der Waals surface area contributed by atoms with Crippen LogP contribution in [0.25, 0.3) is 0 Å². The van der Waals surface area contributed by atoms with Crippen LogP contribution in [0.5, 0.6) is 0 Å². The minimum atomic E-state index is -0.760. The lowest BCUT2D eigenvalue weighted by Gasteiger charge is -2.36. The molecular formula is C38H49N7O5S. The first-order valence-electron chi connectivity index (χ1n) is 17.9. The SMILES string of the molecule is CCC(CC)(NC(=O)c1cc(C(CC)(CC)NC(=O)N2CC3C[C@]34C2=CC(=O)c2scc(C)c24)cn1C)c1cc(C(=O)NCCC(N)=O)n(C)c1. The third kappa shape index (κ3) is 5.79. The first-order valence-corrected chi connectivity index (χ1v) is 18.8. The highest BCUT2D eigenvalue weighted by Crippen LogP contribution is 2.67. The van der Waals surface area contributed by atoms with Crippen LogP contribution in [0.2, 0.25) is 0 Å². The summed E-state index contributed by atoms with van der Waals surface area (Å²) in [6.45, 7) is 10.8. The van der Waals surface area contributed by atoms with Crippen LogP contribution in [-0.4, -0.2) is 56.7 Å². The van der Waals surface area contributed by atoms with Crippen LogP contribution in [0.4, 0.5) is 4.79 Å². The molecule has 0 bridgehead atoms. The van der Waals surface area contributed by atoms with Crippen molar-refractivity contribution in [2.24, 2.45) is 25.7 Å². The number of hydrogen-bond acceptors (Lipinski definition) is 6. The van der Waals surface area contributed by atoms with E-state index in [-0.39, 0.29) is 42.0 Å². The molecule has 4 heterocycles. The van der Waals surface area contributed by atoms with Crippen molar-refractivity contribution < 1.29 is 24.0 Å². The number of aromatic nitrogens is 2. The number of primary amides is 1. The molecule has 1 saturated carbocycles. The number of hydrogen-bond donors (Lipinski definition) is 4. The Morgan fingerprint density at radius 1 is 0.922 bits per heavy atom. The largest absolute Gasteiger partial charge is 0.370 e. The van der Waals surface area contributed by atoms with Crippen LogP contribution in [0.15, 0.2) is 41.7 Å². The zero-order valence-electron chi connectivity index (χ0n) is 30.6. The van der Waals surface area contributed by atoms with E-state index in [2.05, 4.69) is 22.9 Å². The van der Waals surface area contributed by atoms with Crippen molar-refractivity contribution in [3.05, 3.63) is 80.2 Å². The number of carbonyl (C=O) groups is 5. The Bertz CT molecular complexity index is 1960. The number of fused-ring (bicyclic) bond motifs is 1. The first kappa shape index (κ1) is 36.2. The van der Waals surface area contributed by atoms with Crippen LogP contribution in [0.1, 0.15) is 119 Å². The lowest BCUT2D eigenvalue weighted by Crippen LogP contribution is -2.50. The summed E-state index contributed by atoms with van der Waals surface area (Å²) in [5.74, 6) is -0.832. The van der Waals surface area contributed by atoms with Gasteiger partial charge in [-0.3, -0.25) is 24.1 Å². The average Bonchev–Trinajstić information content (AvgIpc) is 3.50. The molecule has 2 atom stereocenters. The van der Waals surface area contributed by atoms with Gasteiger partial charge < -0.3 is 30.8 Å². The van der Waals surface area contributed by atoms with Crippen LogP contribution in [-0.2, 0) is 35.4 Å². The standard InChI is InChI=1S/C38H49N7O5S/c1-8-36(9-2,23-14-26(43(6)18-23)33(48)40-13-12-30(39)47)41-34(49)27-15-24(19-44(27)7)37(10-3,11-4)42-35(50)45-20-25-17-38(25)29(45)16-28(46)32-31(38)22(5)21-51-32/h14-16,18-19,21,25H,8-13,17,20H2,1-7H3,(H2,39,47)(H,40,48)(H,41,49)(H,42,50)/t25?,38-/m1/s1. The van der Waals surface area contributed by atoms with Gasteiger partial charge in [0.05, 0.1) is 16.0 Å². The number of carbonyl (C=O) groups excluding carboxylic acids is 5. The molecule has 2 fully saturated rings. The zero-order valence-corrected chi connectivity index (χ0v) is 31.4. The summed E-state index contributed by atoms with van der Waals surface area (Å²) in [7, 11) is 3.59. The maximum atomic E-state index is 14.2. The van der Waals surface area contributed by atoms with Crippen LogP contribution in [0.3, 0.4) is 0 Å². The third-order valence-corrected chi connectivity index (χ3v) is 12.9. The summed E-state index contributed by atoms with van der Waals surface area (Å²) >= 11 is 1.50. The first-order chi connectivity index (χ1) is 24.2. The molecule has 272 valence electrons. The quantitative estimate of drug-likeness (QED) is 0.199. The number of likely N-dealkylation sites (tertiary alicyclic amines) is 1. The van der Waals surface area contributed by atoms with E-state index in [1.165, 1.54) is 11.3 Å². The van der Waals surface area contributed by atoms with Gasteiger partial charge in [0.25, 0.3) is 11.8 Å². The fraction of sp³-hybridized carbons (Fsp3) is 0.500. The molecule has 12 nitrogen and oxygen atoms in total. The van der Waals surface area contributed by atoms with Crippen LogP contribution in [0, 0.1) is 12.8 Å². The van der Waals surface area contributed by atoms with E-state index >= 15 is 0 Å². The number of ketones is 1. The van der Waals surface area contributed by atoms with Crippen molar-refractivity contribution in [3.8, 4) is 0 Å². The molecule has 51 heavy (non-hydrogen) atoms. The smallest absolute Gasteiger partial charge is 0.322 e. The molecule has 5 N–H and O–H groups in total. The second-order valence-corrected chi connectivity index (χ2v) is 15.3. The van der Waals surface area contributed by atoms with E-state index in [0.717, 1.165) is 39.2 Å². The number of allylic oxidation sites excluding steroid dienone is 2. The predicted octanol–water partition coefficient (Wildman–Crippen LogP) is 4.86. The number of thiophene rings is 1. The van der Waals surface area contributed by atoms with Crippen molar-refractivity contribution in [1.29, 1.82) is 0 Å². The topological polar surface area (TPSA) is 161 Å². The van der Waals surface area contributed by atoms with Crippen molar-refractivity contribution in [2.45, 2.75) is 89.6 Å². The molecular weight excluding hydrogens is 667 g/mol. The van der Waals surface area contributed by atoms with Gasteiger partial charge in [0.15, 0.2) is 5.78 Å². The van der Waals surface area contributed by atoms with Gasteiger partial charge in [0.1, 0.15) is 11.4 Å². The predicted molar refractivity (Wildman–Crippen MR) is 195 cm³/mol. The summed E-state index contributed by atoms with van der Waals surface area (Å²) in [4.78, 5) is 68.0. The Morgan fingerprint density at radius 2 is 1.49 bits per heavy atom. The van der Waals surface area contributed by atoms with E-state index in [4.69, 9.17) is 5.73 Å². The minimum Gasteiger partial charge on any atom is -0.370 e. The van der Waals surface area contributed by atoms with Gasteiger partial charge in [-0.2, -0.15) is 0 Å². The average molecular weight is 716 g/mol. The van der Waals surface area contributed by atoms with Gasteiger partial charge in [0, 0.05) is 63.2 Å². The number of nitrogens with two attached hydrogens (primary N) is 1. The molecule has 1 saturated heterocycles. The van der Waals surface area contributed by atoms with Crippen LogP contribution < -0.4 is 21.7 Å². The highest BCUT2D eigenvalue weighted by molar-refractivity contribution is 7.12.